The largest absolute Gasteiger partial charge is 0.273 e. The van der Waals surface area contributed by atoms with Gasteiger partial charge in [-0.05, 0) is 11.6 Å². The van der Waals surface area contributed by atoms with Crippen LogP contribution in [0.15, 0.2) is 77.2 Å². The van der Waals surface area contributed by atoms with Crippen molar-refractivity contribution in [3.05, 3.63) is 83.4 Å². The summed E-state index contributed by atoms with van der Waals surface area (Å²) >= 11 is 1.53. The molecule has 0 unspecified atom stereocenters. The van der Waals surface area contributed by atoms with E-state index in [4.69, 9.17) is 0 Å². The predicted molar refractivity (Wildman–Crippen MR) is 103 cm³/mol. The molecular weight excluding hydrogens is 330 g/mol. The highest BCUT2D eigenvalue weighted by Gasteiger charge is 2.08. The fourth-order valence-corrected chi connectivity index (χ4v) is 3.00. The molecule has 0 bridgehead atoms. The Morgan fingerprint density at radius 2 is 1.80 bits per heavy atom. The molecule has 0 saturated heterocycles. The number of carbonyl (C=O) groups excluding carboxylic acids is 1. The summed E-state index contributed by atoms with van der Waals surface area (Å²) in [4.78, 5) is 16.4. The average Bonchev–Trinajstić information content (AvgIpc) is 3.11. The summed E-state index contributed by atoms with van der Waals surface area (Å²) < 4.78 is 0. The minimum atomic E-state index is -0.186. The molecule has 124 valence electrons. The number of thiazole rings is 1. The van der Waals surface area contributed by atoms with E-state index in [1.54, 1.807) is 12.3 Å². The van der Waals surface area contributed by atoms with Gasteiger partial charge in [0.15, 0.2) is 0 Å². The van der Waals surface area contributed by atoms with E-state index in [-0.39, 0.29) is 12.3 Å². The lowest BCUT2D eigenvalue weighted by Crippen LogP contribution is -2.19. The smallest absolute Gasteiger partial charge is 0.246 e. The highest BCUT2D eigenvalue weighted by atomic mass is 32.1. The van der Waals surface area contributed by atoms with Crippen LogP contribution in [0.3, 0.4) is 0 Å². The van der Waals surface area contributed by atoms with Crippen LogP contribution in [0.2, 0.25) is 0 Å². The van der Waals surface area contributed by atoms with E-state index in [2.05, 4.69) is 15.5 Å². The number of hydrogen-bond donors (Lipinski definition) is 1. The van der Waals surface area contributed by atoms with E-state index in [1.807, 2.05) is 72.1 Å². The van der Waals surface area contributed by atoms with E-state index in [0.717, 1.165) is 21.8 Å². The van der Waals surface area contributed by atoms with Gasteiger partial charge in [-0.25, -0.2) is 10.4 Å². The minimum absolute atomic E-state index is 0.186. The van der Waals surface area contributed by atoms with Crippen LogP contribution < -0.4 is 5.43 Å². The van der Waals surface area contributed by atoms with E-state index in [9.17, 15) is 4.79 Å². The number of amides is 1. The molecule has 0 aliphatic rings. The molecule has 1 amide bonds. The van der Waals surface area contributed by atoms with Crippen LogP contribution in [0.25, 0.3) is 16.6 Å². The van der Waals surface area contributed by atoms with Crippen LogP contribution in [-0.4, -0.2) is 17.1 Å². The molecule has 3 rings (SSSR count). The number of hydrazone groups is 1. The molecule has 1 N–H and O–H groups in total. The maximum atomic E-state index is 11.9. The zero-order valence-electron chi connectivity index (χ0n) is 13.5. The third kappa shape index (κ3) is 5.22. The van der Waals surface area contributed by atoms with Gasteiger partial charge in [-0.15, -0.1) is 11.3 Å². The maximum absolute atomic E-state index is 11.9. The SMILES string of the molecule is O=C(Cc1csc(-c2ccccc2)n1)NN=CC=Cc1ccccc1. The molecule has 0 atom stereocenters. The van der Waals surface area contributed by atoms with Gasteiger partial charge in [-0.3, -0.25) is 4.79 Å². The Morgan fingerprint density at radius 1 is 1.08 bits per heavy atom. The summed E-state index contributed by atoms with van der Waals surface area (Å²) in [7, 11) is 0. The lowest BCUT2D eigenvalue weighted by molar-refractivity contribution is -0.120. The Labute approximate surface area is 150 Å². The van der Waals surface area contributed by atoms with Crippen LogP contribution in [0.1, 0.15) is 11.3 Å². The summed E-state index contributed by atoms with van der Waals surface area (Å²) in [5.41, 5.74) is 5.40. The number of nitrogens with one attached hydrogen (secondary N) is 1. The molecule has 0 aliphatic carbocycles. The summed E-state index contributed by atoms with van der Waals surface area (Å²) in [6, 6.07) is 19.8. The van der Waals surface area contributed by atoms with Crippen molar-refractivity contribution >= 4 is 29.5 Å². The van der Waals surface area contributed by atoms with Gasteiger partial charge in [0.2, 0.25) is 5.91 Å². The third-order valence-corrected chi connectivity index (χ3v) is 4.29. The number of aromatic nitrogens is 1. The van der Waals surface area contributed by atoms with E-state index in [1.165, 1.54) is 11.3 Å². The highest BCUT2D eigenvalue weighted by molar-refractivity contribution is 7.13. The number of allylic oxidation sites excluding steroid dienone is 1. The second-order valence-electron chi connectivity index (χ2n) is 5.27. The second kappa shape index (κ2) is 8.70. The van der Waals surface area contributed by atoms with Gasteiger partial charge >= 0.3 is 0 Å². The van der Waals surface area contributed by atoms with Crippen LogP contribution >= 0.6 is 11.3 Å². The lowest BCUT2D eigenvalue weighted by atomic mass is 10.2. The molecule has 1 heterocycles. The first-order chi connectivity index (χ1) is 12.3. The second-order valence-corrected chi connectivity index (χ2v) is 6.13. The van der Waals surface area contributed by atoms with Crippen molar-refractivity contribution in [2.45, 2.75) is 6.42 Å². The zero-order valence-corrected chi connectivity index (χ0v) is 14.3. The van der Waals surface area contributed by atoms with Crippen LogP contribution in [-0.2, 0) is 11.2 Å². The topological polar surface area (TPSA) is 54.4 Å². The van der Waals surface area contributed by atoms with E-state index >= 15 is 0 Å². The molecule has 4 nitrogen and oxygen atoms in total. The summed E-state index contributed by atoms with van der Waals surface area (Å²) in [6.07, 6.45) is 5.47. The Hall–Kier alpha value is -3.05. The molecule has 2 aromatic carbocycles. The van der Waals surface area contributed by atoms with Crippen molar-refractivity contribution in [3.8, 4) is 10.6 Å². The third-order valence-electron chi connectivity index (χ3n) is 3.35. The van der Waals surface area contributed by atoms with Crippen molar-refractivity contribution in [2.75, 3.05) is 0 Å². The van der Waals surface area contributed by atoms with E-state index in [0.29, 0.717) is 0 Å². The van der Waals surface area contributed by atoms with Crippen molar-refractivity contribution in [1.82, 2.24) is 10.4 Å². The zero-order chi connectivity index (χ0) is 17.3. The van der Waals surface area contributed by atoms with Crippen LogP contribution in [0.4, 0.5) is 0 Å². The molecule has 0 spiro atoms. The molecular formula is C20H17N3OS. The first-order valence-corrected chi connectivity index (χ1v) is 8.73. The van der Waals surface area contributed by atoms with Gasteiger partial charge in [0.1, 0.15) is 5.01 Å². The number of hydrogen-bond acceptors (Lipinski definition) is 4. The van der Waals surface area contributed by atoms with Crippen LogP contribution in [0.5, 0.6) is 0 Å². The van der Waals surface area contributed by atoms with Crippen molar-refractivity contribution < 1.29 is 4.79 Å². The first-order valence-electron chi connectivity index (χ1n) is 7.85. The number of benzene rings is 2. The molecule has 5 heteroatoms. The standard InChI is InChI=1S/C20H17N3OS/c24-19(23-21-13-7-10-16-8-3-1-4-9-16)14-18-15-25-20(22-18)17-11-5-2-6-12-17/h1-13,15H,14H2,(H,23,24). The molecule has 0 fully saturated rings. The maximum Gasteiger partial charge on any atom is 0.246 e. The molecule has 3 aromatic rings. The molecule has 1 aromatic heterocycles. The molecule has 0 radical (unpaired) electrons. The molecule has 0 aliphatic heterocycles. The van der Waals surface area contributed by atoms with E-state index < -0.39 is 0 Å². The van der Waals surface area contributed by atoms with Gasteiger partial charge in [0.25, 0.3) is 0 Å². The average molecular weight is 347 g/mol. The minimum Gasteiger partial charge on any atom is -0.273 e. The normalized spacial score (nSPS) is 11.2. The number of nitrogens with zero attached hydrogens (tertiary/aromatic N) is 2. The Bertz CT molecular complexity index is 870. The van der Waals surface area contributed by atoms with Gasteiger partial charge in [-0.2, -0.15) is 5.10 Å². The monoisotopic (exact) mass is 347 g/mol. The highest BCUT2D eigenvalue weighted by Crippen LogP contribution is 2.23. The van der Waals surface area contributed by atoms with Crippen molar-refractivity contribution in [2.24, 2.45) is 5.10 Å². The van der Waals surface area contributed by atoms with Crippen LogP contribution in [0, 0.1) is 0 Å². The number of carbonyl (C=O) groups is 1. The lowest BCUT2D eigenvalue weighted by Gasteiger charge is -1.96. The molecule has 0 saturated carbocycles. The van der Waals surface area contributed by atoms with Gasteiger partial charge in [-0.1, -0.05) is 66.7 Å². The Balaban J connectivity index is 1.49. The van der Waals surface area contributed by atoms with Crippen molar-refractivity contribution in [1.29, 1.82) is 0 Å². The summed E-state index contributed by atoms with van der Waals surface area (Å²) in [6.45, 7) is 0. The Kier molecular flexibility index (Phi) is 5.85. The van der Waals surface area contributed by atoms with Gasteiger partial charge in [0.05, 0.1) is 12.1 Å². The predicted octanol–water partition coefficient (Wildman–Crippen LogP) is 4.17. The van der Waals surface area contributed by atoms with Gasteiger partial charge in [0, 0.05) is 17.2 Å². The first kappa shape index (κ1) is 16.8. The fraction of sp³-hybridized carbons (Fsp3) is 0.0500. The quantitative estimate of drug-likeness (QED) is 0.537. The van der Waals surface area contributed by atoms with Gasteiger partial charge < -0.3 is 0 Å². The number of rotatable bonds is 6. The molecule has 25 heavy (non-hydrogen) atoms. The fourth-order valence-electron chi connectivity index (χ4n) is 2.18. The van der Waals surface area contributed by atoms with Crippen molar-refractivity contribution in [3.63, 3.8) is 0 Å². The Morgan fingerprint density at radius 3 is 2.56 bits per heavy atom. The summed E-state index contributed by atoms with van der Waals surface area (Å²) in [5.74, 6) is -0.186. The summed E-state index contributed by atoms with van der Waals surface area (Å²) in [5, 5.41) is 6.73.